The van der Waals surface area contributed by atoms with Crippen LogP contribution in [0, 0.1) is 17.5 Å². The van der Waals surface area contributed by atoms with Crippen LogP contribution in [0.15, 0.2) is 41.4 Å². The highest BCUT2D eigenvalue weighted by Crippen LogP contribution is 2.36. The maximum atomic E-state index is 15.5. The molecule has 38 heavy (non-hydrogen) atoms. The van der Waals surface area contributed by atoms with Gasteiger partial charge in [0.1, 0.15) is 11.3 Å². The van der Waals surface area contributed by atoms with E-state index >= 15 is 8.78 Å². The highest BCUT2D eigenvalue weighted by atomic mass is 35.5. The topological polar surface area (TPSA) is 146 Å². The summed E-state index contributed by atoms with van der Waals surface area (Å²) in [5.74, 6) is -4.66. The van der Waals surface area contributed by atoms with Crippen molar-refractivity contribution in [1.82, 2.24) is 20.5 Å². The lowest BCUT2D eigenvalue weighted by molar-refractivity contribution is 0.0947. The molecule has 2 aromatic heterocycles. The van der Waals surface area contributed by atoms with Crippen LogP contribution < -0.4 is 14.8 Å². The van der Waals surface area contributed by atoms with Crippen LogP contribution in [0.25, 0.3) is 22.0 Å². The normalized spacial score (nSPS) is 11.5. The van der Waals surface area contributed by atoms with E-state index in [9.17, 15) is 17.6 Å². The molecule has 4 aromatic rings. The first-order chi connectivity index (χ1) is 18.1. The molecular weight excluding hydrogens is 551 g/mol. The van der Waals surface area contributed by atoms with E-state index in [2.05, 4.69) is 20.5 Å². The zero-order valence-corrected chi connectivity index (χ0v) is 21.1. The molecule has 4 rings (SSSR count). The van der Waals surface area contributed by atoms with Crippen LogP contribution in [0.2, 0.25) is 5.02 Å². The second-order valence-corrected chi connectivity index (χ2v) is 9.89. The Kier molecular flexibility index (Phi) is 7.76. The molecular formula is C23H19ClF3N5O5S. The molecule has 0 bridgehead atoms. The fourth-order valence-electron chi connectivity index (χ4n) is 3.62. The zero-order valence-electron chi connectivity index (χ0n) is 19.5. The summed E-state index contributed by atoms with van der Waals surface area (Å²) < 4.78 is 78.5. The number of carbonyl (C=O) groups excluding carboxylic acids is 1. The lowest BCUT2D eigenvalue weighted by Gasteiger charge is -2.14. The van der Waals surface area contributed by atoms with Crippen molar-refractivity contribution in [2.24, 2.45) is 0 Å². The number of carbonyl (C=O) groups is 1. The standard InChI is InChI=1S/C23H19ClF3N5O5S/c1-37-23-16(9-11(24)10-29-23)38(35,36)32-15-6-5-14(25)17(19(15)27)12-3-4-13-20(18(12)26)30-31-21(13)22(34)28-7-2-8-33/h3-6,9-10,32-33H,2,7-8H2,1H3,(H,28,34)(H,30,31). The number of fused-ring (bicyclic) bond motifs is 1. The molecule has 15 heteroatoms. The molecule has 200 valence electrons. The number of aliphatic hydroxyl groups is 1. The summed E-state index contributed by atoms with van der Waals surface area (Å²) in [6.07, 6.45) is 1.44. The van der Waals surface area contributed by atoms with Crippen molar-refractivity contribution in [1.29, 1.82) is 0 Å². The van der Waals surface area contributed by atoms with Gasteiger partial charge in [-0.25, -0.2) is 26.6 Å². The molecule has 10 nitrogen and oxygen atoms in total. The maximum Gasteiger partial charge on any atom is 0.272 e. The van der Waals surface area contributed by atoms with Gasteiger partial charge in [0.2, 0.25) is 5.88 Å². The number of halogens is 4. The van der Waals surface area contributed by atoms with Gasteiger partial charge in [0.25, 0.3) is 15.9 Å². The van der Waals surface area contributed by atoms with E-state index in [-0.39, 0.29) is 40.7 Å². The predicted molar refractivity (Wildman–Crippen MR) is 132 cm³/mol. The Morgan fingerprint density at radius 1 is 1.18 bits per heavy atom. The Morgan fingerprint density at radius 2 is 1.95 bits per heavy atom. The van der Waals surface area contributed by atoms with Gasteiger partial charge in [0.15, 0.2) is 22.2 Å². The molecule has 0 saturated carbocycles. The van der Waals surface area contributed by atoms with Gasteiger partial charge in [-0.2, -0.15) is 5.10 Å². The minimum atomic E-state index is -4.53. The Morgan fingerprint density at radius 3 is 2.66 bits per heavy atom. The molecule has 2 aromatic carbocycles. The van der Waals surface area contributed by atoms with Gasteiger partial charge in [-0.3, -0.25) is 14.6 Å². The summed E-state index contributed by atoms with van der Waals surface area (Å²) in [4.78, 5) is 15.6. The second kappa shape index (κ2) is 10.8. The molecule has 1 amide bonds. The average molecular weight is 570 g/mol. The van der Waals surface area contributed by atoms with Crippen LogP contribution >= 0.6 is 11.6 Å². The van der Waals surface area contributed by atoms with E-state index in [0.717, 1.165) is 30.5 Å². The van der Waals surface area contributed by atoms with Crippen molar-refractivity contribution in [2.45, 2.75) is 11.3 Å². The number of hydrogen-bond acceptors (Lipinski definition) is 7. The number of nitrogens with one attached hydrogen (secondary N) is 3. The smallest absolute Gasteiger partial charge is 0.272 e. The van der Waals surface area contributed by atoms with Gasteiger partial charge in [0.05, 0.1) is 23.4 Å². The number of methoxy groups -OCH3 is 1. The number of H-pyrrole nitrogens is 1. The molecule has 0 aliphatic rings. The molecule has 0 aliphatic heterocycles. The minimum absolute atomic E-state index is 0.0391. The van der Waals surface area contributed by atoms with E-state index in [0.29, 0.717) is 6.42 Å². The van der Waals surface area contributed by atoms with Gasteiger partial charge >= 0.3 is 0 Å². The van der Waals surface area contributed by atoms with E-state index in [4.69, 9.17) is 21.4 Å². The van der Waals surface area contributed by atoms with Crippen LogP contribution in [0.3, 0.4) is 0 Å². The molecule has 0 unspecified atom stereocenters. The molecule has 0 spiro atoms. The number of sulfonamides is 1. The number of rotatable bonds is 9. The summed E-state index contributed by atoms with van der Waals surface area (Å²) in [6.45, 7) is 0.00988. The molecule has 0 aliphatic carbocycles. The first-order valence-electron chi connectivity index (χ1n) is 10.9. The number of aromatic amines is 1. The van der Waals surface area contributed by atoms with Gasteiger partial charge in [-0.15, -0.1) is 0 Å². The third-order valence-corrected chi connectivity index (χ3v) is 6.95. The molecule has 0 atom stereocenters. The molecule has 0 fully saturated rings. The SMILES string of the molecule is COc1ncc(Cl)cc1S(=O)(=O)Nc1ccc(F)c(-c2ccc3c(C(=O)NCCCO)n[nH]c3c2F)c1F. The van der Waals surface area contributed by atoms with Crippen LogP contribution in [0.4, 0.5) is 18.9 Å². The second-order valence-electron chi connectivity index (χ2n) is 7.81. The molecule has 4 N–H and O–H groups in total. The monoisotopic (exact) mass is 569 g/mol. The number of amides is 1. The first kappa shape index (κ1) is 27.2. The summed E-state index contributed by atoms with van der Waals surface area (Å²) in [5.41, 5.74) is -2.54. The van der Waals surface area contributed by atoms with E-state index < -0.39 is 55.1 Å². The highest BCUT2D eigenvalue weighted by molar-refractivity contribution is 7.92. The lowest BCUT2D eigenvalue weighted by atomic mass is 10.0. The summed E-state index contributed by atoms with van der Waals surface area (Å²) in [5, 5.41) is 17.5. The van der Waals surface area contributed by atoms with Crippen molar-refractivity contribution >= 4 is 44.1 Å². The number of aliphatic hydroxyl groups excluding tert-OH is 1. The van der Waals surface area contributed by atoms with Crippen LogP contribution in [0.5, 0.6) is 5.88 Å². The number of hydrogen-bond donors (Lipinski definition) is 4. The Bertz CT molecular complexity index is 1650. The molecule has 2 heterocycles. The van der Waals surface area contributed by atoms with Gasteiger partial charge in [0, 0.05) is 30.3 Å². The van der Waals surface area contributed by atoms with Crippen molar-refractivity contribution in [3.8, 4) is 17.0 Å². The molecule has 0 saturated heterocycles. The third kappa shape index (κ3) is 5.10. The summed E-state index contributed by atoms with van der Waals surface area (Å²) >= 11 is 5.84. The van der Waals surface area contributed by atoms with Crippen molar-refractivity contribution in [3.63, 3.8) is 0 Å². The Labute approximate surface area is 218 Å². The number of anilines is 1. The number of nitrogens with zero attached hydrogens (tertiary/aromatic N) is 2. The minimum Gasteiger partial charge on any atom is -0.480 e. The number of pyridine rings is 1. The largest absolute Gasteiger partial charge is 0.480 e. The van der Waals surface area contributed by atoms with E-state index in [1.54, 1.807) is 0 Å². The average Bonchev–Trinajstić information content (AvgIpc) is 3.32. The Balaban J connectivity index is 1.75. The van der Waals surface area contributed by atoms with Crippen LogP contribution in [-0.2, 0) is 10.0 Å². The predicted octanol–water partition coefficient (Wildman–Crippen LogP) is 3.62. The first-order valence-corrected chi connectivity index (χ1v) is 12.7. The zero-order chi connectivity index (χ0) is 27.6. The molecule has 0 radical (unpaired) electrons. The summed E-state index contributed by atoms with van der Waals surface area (Å²) in [6, 6.07) is 4.91. The fourth-order valence-corrected chi connectivity index (χ4v) is 5.05. The summed E-state index contributed by atoms with van der Waals surface area (Å²) in [7, 11) is -3.36. The number of aromatic nitrogens is 3. The van der Waals surface area contributed by atoms with E-state index in [1.807, 2.05) is 4.72 Å². The van der Waals surface area contributed by atoms with Crippen molar-refractivity contribution in [2.75, 3.05) is 25.0 Å². The maximum absolute atomic E-state index is 15.5. The van der Waals surface area contributed by atoms with Gasteiger partial charge in [-0.1, -0.05) is 17.7 Å². The lowest BCUT2D eigenvalue weighted by Crippen LogP contribution is -2.25. The number of ether oxygens (including phenoxy) is 1. The van der Waals surface area contributed by atoms with Crippen LogP contribution in [-0.4, -0.2) is 54.9 Å². The highest BCUT2D eigenvalue weighted by Gasteiger charge is 2.27. The van der Waals surface area contributed by atoms with Crippen LogP contribution in [0.1, 0.15) is 16.9 Å². The Hall–Kier alpha value is -3.88. The van der Waals surface area contributed by atoms with Crippen molar-refractivity contribution < 1.29 is 36.2 Å². The van der Waals surface area contributed by atoms with E-state index in [1.165, 1.54) is 13.2 Å². The van der Waals surface area contributed by atoms with Gasteiger partial charge in [-0.05, 0) is 30.7 Å². The quantitative estimate of drug-likeness (QED) is 0.225. The number of benzene rings is 2. The third-order valence-electron chi connectivity index (χ3n) is 5.38. The fraction of sp³-hybridized carbons (Fsp3) is 0.174. The van der Waals surface area contributed by atoms with Gasteiger partial charge < -0.3 is 15.2 Å². The van der Waals surface area contributed by atoms with Crippen molar-refractivity contribution in [3.05, 3.63) is 64.7 Å².